The Balaban J connectivity index is 1.90. The highest BCUT2D eigenvalue weighted by atomic mass is 16.6. The maximum absolute atomic E-state index is 12.1. The summed E-state index contributed by atoms with van der Waals surface area (Å²) in [7, 11) is 0. The Morgan fingerprint density at radius 1 is 1.28 bits per heavy atom. The molecule has 3 rings (SSSR count). The summed E-state index contributed by atoms with van der Waals surface area (Å²) in [5, 5.41) is 5.42. The summed E-state index contributed by atoms with van der Waals surface area (Å²) in [4.78, 5) is 16.4. The fraction of sp³-hybridized carbons (Fsp3) is 0.200. The van der Waals surface area contributed by atoms with Crippen LogP contribution in [-0.2, 0) is 4.74 Å². The average Bonchev–Trinajstić information content (AvgIpc) is 3.01. The van der Waals surface area contributed by atoms with Gasteiger partial charge in [0.15, 0.2) is 0 Å². The molecule has 0 saturated heterocycles. The van der Waals surface area contributed by atoms with Gasteiger partial charge in [-0.2, -0.15) is 0 Å². The van der Waals surface area contributed by atoms with Crippen LogP contribution in [0.5, 0.6) is 0 Å². The van der Waals surface area contributed by atoms with Gasteiger partial charge in [-0.15, -0.1) is 0 Å². The van der Waals surface area contributed by atoms with Gasteiger partial charge in [0.2, 0.25) is 0 Å². The molecule has 1 N–H and O–H groups in total. The van der Waals surface area contributed by atoms with Crippen LogP contribution in [0.4, 0.5) is 16.2 Å². The maximum Gasteiger partial charge on any atom is 0.418 e. The second kappa shape index (κ2) is 6.43. The molecule has 0 spiro atoms. The van der Waals surface area contributed by atoms with Crippen LogP contribution in [0.25, 0.3) is 16.8 Å². The van der Waals surface area contributed by atoms with Crippen molar-refractivity contribution < 1.29 is 9.53 Å². The molecule has 5 nitrogen and oxygen atoms in total. The summed E-state index contributed by atoms with van der Waals surface area (Å²) < 4.78 is 6.79. The summed E-state index contributed by atoms with van der Waals surface area (Å²) in [5.41, 5.74) is 2.14. The first-order valence-corrected chi connectivity index (χ1v) is 8.05. The minimum atomic E-state index is -0.531. The molecule has 0 bridgehead atoms. The summed E-state index contributed by atoms with van der Waals surface area (Å²) in [5.74, 6) is 0. The third-order valence-electron chi connectivity index (χ3n) is 3.61. The summed E-state index contributed by atoms with van der Waals surface area (Å²) in [6.07, 6.45) is 8.37. The van der Waals surface area contributed by atoms with E-state index in [0.717, 1.165) is 27.7 Å². The molecule has 2 heterocycles. The molecule has 0 atom stereocenters. The molecular weight excluding hydrogens is 314 g/mol. The highest BCUT2D eigenvalue weighted by Crippen LogP contribution is 2.29. The standard InChI is InChI=1S/C20H21N3O2/c1-5-14-11-21-12-15-7-6-8-17(18(14)15)22-16-9-10-23(13-16)19(24)25-20(2,3)4/h5-13,22H,1H2,2-4H3. The number of ether oxygens (including phenoxy) is 1. The molecule has 0 saturated carbocycles. The Bertz CT molecular complexity index is 930. The van der Waals surface area contributed by atoms with E-state index < -0.39 is 11.7 Å². The molecule has 5 heteroatoms. The molecule has 0 unspecified atom stereocenters. The first-order valence-electron chi connectivity index (χ1n) is 8.05. The molecule has 0 aliphatic heterocycles. The van der Waals surface area contributed by atoms with Crippen molar-refractivity contribution in [2.45, 2.75) is 26.4 Å². The Labute approximate surface area is 146 Å². The first-order chi connectivity index (χ1) is 11.9. The molecule has 2 aromatic heterocycles. The highest BCUT2D eigenvalue weighted by molar-refractivity contribution is 6.00. The molecular formula is C20H21N3O2. The molecule has 0 fully saturated rings. The van der Waals surface area contributed by atoms with Gasteiger partial charge in [-0.3, -0.25) is 9.55 Å². The van der Waals surface area contributed by atoms with Gasteiger partial charge in [0, 0.05) is 46.8 Å². The third-order valence-corrected chi connectivity index (χ3v) is 3.61. The van der Waals surface area contributed by atoms with Gasteiger partial charge in [-0.05, 0) is 32.9 Å². The maximum atomic E-state index is 12.1. The number of benzene rings is 1. The van der Waals surface area contributed by atoms with E-state index in [2.05, 4.69) is 16.9 Å². The Morgan fingerprint density at radius 3 is 2.80 bits per heavy atom. The number of carbonyl (C=O) groups excluding carboxylic acids is 1. The number of carbonyl (C=O) groups is 1. The number of fused-ring (bicyclic) bond motifs is 1. The van der Waals surface area contributed by atoms with E-state index in [4.69, 9.17) is 4.74 Å². The number of aromatic nitrogens is 2. The van der Waals surface area contributed by atoms with Crippen molar-refractivity contribution in [2.24, 2.45) is 0 Å². The SMILES string of the molecule is C=Cc1cncc2cccc(Nc3ccn(C(=O)OC(C)(C)C)c3)c12. The van der Waals surface area contributed by atoms with Crippen LogP contribution in [-0.4, -0.2) is 21.2 Å². The van der Waals surface area contributed by atoms with Crippen LogP contribution in [0.1, 0.15) is 26.3 Å². The van der Waals surface area contributed by atoms with Gasteiger partial charge in [-0.25, -0.2) is 4.79 Å². The predicted molar refractivity (Wildman–Crippen MR) is 101 cm³/mol. The normalized spacial score (nSPS) is 11.3. The van der Waals surface area contributed by atoms with Crippen molar-refractivity contribution in [3.63, 3.8) is 0 Å². The molecule has 1 aromatic carbocycles. The quantitative estimate of drug-likeness (QED) is 0.714. The van der Waals surface area contributed by atoms with Gasteiger partial charge < -0.3 is 10.1 Å². The zero-order chi connectivity index (χ0) is 18.0. The number of nitrogens with one attached hydrogen (secondary N) is 1. The van der Waals surface area contributed by atoms with Gasteiger partial charge in [0.1, 0.15) is 5.60 Å². The lowest BCUT2D eigenvalue weighted by molar-refractivity contribution is 0.0537. The number of hydrogen-bond donors (Lipinski definition) is 1. The van der Waals surface area contributed by atoms with E-state index >= 15 is 0 Å². The van der Waals surface area contributed by atoms with Gasteiger partial charge in [0.25, 0.3) is 0 Å². The smallest absolute Gasteiger partial charge is 0.418 e. The fourth-order valence-electron chi connectivity index (χ4n) is 2.58. The molecule has 0 amide bonds. The van der Waals surface area contributed by atoms with Crippen LogP contribution in [0, 0.1) is 0 Å². The van der Waals surface area contributed by atoms with Crippen LogP contribution in [0.2, 0.25) is 0 Å². The number of nitrogens with zero attached hydrogens (tertiary/aromatic N) is 2. The van der Waals surface area contributed by atoms with Crippen molar-refractivity contribution in [3.05, 3.63) is 61.2 Å². The minimum Gasteiger partial charge on any atom is -0.443 e. The Hall–Kier alpha value is -3.08. The topological polar surface area (TPSA) is 56.2 Å². The molecule has 0 aliphatic rings. The van der Waals surface area contributed by atoms with E-state index in [0.29, 0.717) is 0 Å². The second-order valence-corrected chi connectivity index (χ2v) is 6.75. The van der Waals surface area contributed by atoms with E-state index in [-0.39, 0.29) is 0 Å². The van der Waals surface area contributed by atoms with E-state index in [1.807, 2.05) is 51.2 Å². The Morgan fingerprint density at radius 2 is 2.08 bits per heavy atom. The van der Waals surface area contributed by atoms with Crippen LogP contribution < -0.4 is 5.32 Å². The van der Waals surface area contributed by atoms with Gasteiger partial charge in [0.05, 0.1) is 5.69 Å². The van der Waals surface area contributed by atoms with Crippen LogP contribution >= 0.6 is 0 Å². The van der Waals surface area contributed by atoms with Crippen molar-refractivity contribution in [2.75, 3.05) is 5.32 Å². The van der Waals surface area contributed by atoms with Crippen molar-refractivity contribution >= 4 is 34.3 Å². The molecule has 128 valence electrons. The lowest BCUT2D eigenvalue weighted by Crippen LogP contribution is -2.26. The number of pyridine rings is 1. The summed E-state index contributed by atoms with van der Waals surface area (Å²) in [6.45, 7) is 9.38. The molecule has 0 radical (unpaired) electrons. The van der Waals surface area contributed by atoms with Crippen LogP contribution in [0.15, 0.2) is 55.6 Å². The minimum absolute atomic E-state index is 0.408. The molecule has 0 aliphatic carbocycles. The van der Waals surface area contributed by atoms with E-state index in [1.54, 1.807) is 24.7 Å². The zero-order valence-corrected chi connectivity index (χ0v) is 14.6. The Kier molecular flexibility index (Phi) is 4.31. The van der Waals surface area contributed by atoms with Crippen molar-refractivity contribution in [1.82, 2.24) is 9.55 Å². The second-order valence-electron chi connectivity index (χ2n) is 6.75. The first kappa shape index (κ1) is 16.8. The molecule has 25 heavy (non-hydrogen) atoms. The monoisotopic (exact) mass is 335 g/mol. The zero-order valence-electron chi connectivity index (χ0n) is 14.6. The lowest BCUT2D eigenvalue weighted by Gasteiger charge is -2.19. The summed E-state index contributed by atoms with van der Waals surface area (Å²) in [6, 6.07) is 7.79. The number of hydrogen-bond acceptors (Lipinski definition) is 4. The predicted octanol–water partition coefficient (Wildman–Crippen LogP) is 5.21. The largest absolute Gasteiger partial charge is 0.443 e. The number of anilines is 2. The average molecular weight is 335 g/mol. The van der Waals surface area contributed by atoms with E-state index in [1.165, 1.54) is 4.57 Å². The van der Waals surface area contributed by atoms with Gasteiger partial charge >= 0.3 is 6.09 Å². The van der Waals surface area contributed by atoms with Crippen LogP contribution in [0.3, 0.4) is 0 Å². The van der Waals surface area contributed by atoms with E-state index in [9.17, 15) is 4.79 Å². The third kappa shape index (κ3) is 3.71. The highest BCUT2D eigenvalue weighted by Gasteiger charge is 2.17. The summed E-state index contributed by atoms with van der Waals surface area (Å²) >= 11 is 0. The van der Waals surface area contributed by atoms with Crippen molar-refractivity contribution in [1.29, 1.82) is 0 Å². The molecule has 3 aromatic rings. The fourth-order valence-corrected chi connectivity index (χ4v) is 2.58. The van der Waals surface area contributed by atoms with Gasteiger partial charge in [-0.1, -0.05) is 24.8 Å². The lowest BCUT2D eigenvalue weighted by atomic mass is 10.1. The van der Waals surface area contributed by atoms with Crippen molar-refractivity contribution in [3.8, 4) is 0 Å². The number of rotatable bonds is 3.